The van der Waals surface area contributed by atoms with Crippen molar-refractivity contribution in [2.45, 2.75) is 12.8 Å². The summed E-state index contributed by atoms with van der Waals surface area (Å²) in [5, 5.41) is 0. The summed E-state index contributed by atoms with van der Waals surface area (Å²) in [6.07, 6.45) is 2.03. The van der Waals surface area contributed by atoms with Gasteiger partial charge in [-0.05, 0) is 24.6 Å². The average Bonchev–Trinajstić information content (AvgIpc) is 2.80. The van der Waals surface area contributed by atoms with Crippen LogP contribution in [0.3, 0.4) is 0 Å². The monoisotopic (exact) mass is 356 g/mol. The van der Waals surface area contributed by atoms with Crippen molar-refractivity contribution in [1.82, 2.24) is 9.21 Å². The Balaban J connectivity index is 2.07. The van der Waals surface area contributed by atoms with E-state index < -0.39 is 10.0 Å². The summed E-state index contributed by atoms with van der Waals surface area (Å²) in [4.78, 5) is 14.3. The van der Waals surface area contributed by atoms with Gasteiger partial charge < -0.3 is 14.4 Å². The minimum Gasteiger partial charge on any atom is -0.497 e. The Morgan fingerprint density at radius 2 is 1.88 bits per heavy atom. The van der Waals surface area contributed by atoms with Gasteiger partial charge in [-0.15, -0.1) is 0 Å². The van der Waals surface area contributed by atoms with Crippen LogP contribution in [-0.2, 0) is 21.2 Å². The van der Waals surface area contributed by atoms with Gasteiger partial charge in [-0.25, -0.2) is 12.7 Å². The van der Waals surface area contributed by atoms with Crippen LogP contribution in [0, 0.1) is 0 Å². The van der Waals surface area contributed by atoms with E-state index in [-0.39, 0.29) is 12.3 Å². The van der Waals surface area contributed by atoms with Crippen LogP contribution in [0.5, 0.6) is 11.5 Å². The van der Waals surface area contributed by atoms with E-state index in [9.17, 15) is 13.2 Å². The fraction of sp³-hybridized carbons (Fsp3) is 0.562. The second kappa shape index (κ2) is 7.85. The maximum atomic E-state index is 12.6. The van der Waals surface area contributed by atoms with E-state index in [0.29, 0.717) is 44.1 Å². The summed E-state index contributed by atoms with van der Waals surface area (Å²) in [6.45, 7) is 1.74. The molecule has 1 aromatic rings. The molecule has 0 unspecified atom stereocenters. The Morgan fingerprint density at radius 1 is 1.12 bits per heavy atom. The highest BCUT2D eigenvalue weighted by Crippen LogP contribution is 2.25. The molecular formula is C16H24N2O5S. The smallest absolute Gasteiger partial charge is 0.227 e. The molecule has 7 nitrogen and oxygen atoms in total. The first kappa shape index (κ1) is 18.5. The number of methoxy groups -OCH3 is 2. The van der Waals surface area contributed by atoms with Crippen LogP contribution in [0.1, 0.15) is 12.0 Å². The lowest BCUT2D eigenvalue weighted by Crippen LogP contribution is -2.37. The zero-order chi connectivity index (χ0) is 17.7. The summed E-state index contributed by atoms with van der Waals surface area (Å²) < 4.78 is 35.2. The van der Waals surface area contributed by atoms with E-state index in [1.54, 1.807) is 37.3 Å². The molecule has 0 aromatic heterocycles. The van der Waals surface area contributed by atoms with Crippen LogP contribution in [-0.4, -0.2) is 70.2 Å². The van der Waals surface area contributed by atoms with E-state index in [4.69, 9.17) is 9.47 Å². The Kier molecular flexibility index (Phi) is 6.06. The molecule has 0 spiro atoms. The quantitative estimate of drug-likeness (QED) is 0.778. The highest BCUT2D eigenvalue weighted by molar-refractivity contribution is 7.88. The van der Waals surface area contributed by atoms with Crippen molar-refractivity contribution in [3.8, 4) is 11.5 Å². The van der Waals surface area contributed by atoms with Gasteiger partial charge in [0, 0.05) is 31.7 Å². The molecule has 1 amide bonds. The molecular weight excluding hydrogens is 332 g/mol. The lowest BCUT2D eigenvalue weighted by molar-refractivity contribution is -0.130. The number of rotatable bonds is 5. The number of carbonyl (C=O) groups excluding carboxylic acids is 1. The molecule has 24 heavy (non-hydrogen) atoms. The fourth-order valence-corrected chi connectivity index (χ4v) is 3.64. The topological polar surface area (TPSA) is 76.2 Å². The zero-order valence-corrected chi connectivity index (χ0v) is 15.1. The highest BCUT2D eigenvalue weighted by Gasteiger charge is 2.24. The van der Waals surface area contributed by atoms with Crippen molar-refractivity contribution in [2.24, 2.45) is 0 Å². The van der Waals surface area contributed by atoms with Crippen LogP contribution in [0.2, 0.25) is 0 Å². The Labute approximate surface area is 143 Å². The number of sulfonamides is 1. The van der Waals surface area contributed by atoms with Crippen molar-refractivity contribution in [2.75, 3.05) is 46.7 Å². The van der Waals surface area contributed by atoms with E-state index in [2.05, 4.69) is 0 Å². The van der Waals surface area contributed by atoms with Crippen molar-refractivity contribution < 1.29 is 22.7 Å². The minimum absolute atomic E-state index is 0.0445. The summed E-state index contributed by atoms with van der Waals surface area (Å²) in [7, 11) is -0.0854. The number of amides is 1. The fourth-order valence-electron chi connectivity index (χ4n) is 2.77. The van der Waals surface area contributed by atoms with Crippen molar-refractivity contribution in [3.05, 3.63) is 23.8 Å². The zero-order valence-electron chi connectivity index (χ0n) is 14.3. The van der Waals surface area contributed by atoms with Gasteiger partial charge in [-0.2, -0.15) is 0 Å². The first-order valence-corrected chi connectivity index (χ1v) is 9.63. The predicted octanol–water partition coefficient (Wildman–Crippen LogP) is 0.740. The SMILES string of the molecule is COc1ccc(OC)c(CC(=O)N2CCCN(S(C)(=O)=O)CC2)c1. The summed E-state index contributed by atoms with van der Waals surface area (Å²) in [5.74, 6) is 1.26. The number of carbonyl (C=O) groups is 1. The molecule has 0 saturated carbocycles. The third-order valence-electron chi connectivity index (χ3n) is 4.11. The highest BCUT2D eigenvalue weighted by atomic mass is 32.2. The number of hydrogen-bond acceptors (Lipinski definition) is 5. The molecule has 0 atom stereocenters. The minimum atomic E-state index is -3.22. The van der Waals surface area contributed by atoms with Gasteiger partial charge in [0.1, 0.15) is 11.5 Å². The predicted molar refractivity (Wildman–Crippen MR) is 90.9 cm³/mol. The molecule has 0 bridgehead atoms. The van der Waals surface area contributed by atoms with E-state index in [0.717, 1.165) is 5.56 Å². The number of hydrogen-bond donors (Lipinski definition) is 0. The second-order valence-corrected chi connectivity index (χ2v) is 7.73. The number of ether oxygens (including phenoxy) is 2. The molecule has 1 aliphatic heterocycles. The standard InChI is InChI=1S/C16H24N2O5S/c1-22-14-5-6-15(23-2)13(11-14)12-16(19)17-7-4-8-18(10-9-17)24(3,20)21/h5-6,11H,4,7-10,12H2,1-3H3. The van der Waals surface area contributed by atoms with E-state index in [1.807, 2.05) is 0 Å². The van der Waals surface area contributed by atoms with Crippen LogP contribution in [0.15, 0.2) is 18.2 Å². The van der Waals surface area contributed by atoms with Gasteiger partial charge in [0.2, 0.25) is 15.9 Å². The molecule has 1 aliphatic rings. The molecule has 0 radical (unpaired) electrons. The van der Waals surface area contributed by atoms with Gasteiger partial charge in [0.25, 0.3) is 0 Å². The van der Waals surface area contributed by atoms with Crippen LogP contribution in [0.25, 0.3) is 0 Å². The maximum absolute atomic E-state index is 12.6. The maximum Gasteiger partial charge on any atom is 0.227 e. The first-order valence-electron chi connectivity index (χ1n) is 7.79. The molecule has 1 aromatic carbocycles. The third-order valence-corrected chi connectivity index (χ3v) is 5.41. The molecule has 0 N–H and O–H groups in total. The molecule has 1 fully saturated rings. The Hall–Kier alpha value is -1.80. The molecule has 1 saturated heterocycles. The lowest BCUT2D eigenvalue weighted by atomic mass is 10.1. The van der Waals surface area contributed by atoms with Gasteiger partial charge in [-0.3, -0.25) is 4.79 Å². The number of nitrogens with zero attached hydrogens (tertiary/aromatic N) is 2. The van der Waals surface area contributed by atoms with Gasteiger partial charge in [-0.1, -0.05) is 0 Å². The Bertz CT molecular complexity index is 690. The number of benzene rings is 1. The Morgan fingerprint density at radius 3 is 2.50 bits per heavy atom. The van der Waals surface area contributed by atoms with Crippen LogP contribution < -0.4 is 9.47 Å². The largest absolute Gasteiger partial charge is 0.497 e. The normalized spacial score (nSPS) is 16.5. The van der Waals surface area contributed by atoms with Gasteiger partial charge in [0.05, 0.1) is 26.9 Å². The van der Waals surface area contributed by atoms with Crippen LogP contribution >= 0.6 is 0 Å². The average molecular weight is 356 g/mol. The van der Waals surface area contributed by atoms with E-state index in [1.165, 1.54) is 10.6 Å². The third kappa shape index (κ3) is 4.61. The summed E-state index contributed by atoms with van der Waals surface area (Å²) in [5.41, 5.74) is 0.756. The molecule has 1 heterocycles. The molecule has 0 aliphatic carbocycles. The summed E-state index contributed by atoms with van der Waals surface area (Å²) >= 11 is 0. The lowest BCUT2D eigenvalue weighted by Gasteiger charge is -2.21. The molecule has 2 rings (SSSR count). The molecule has 134 valence electrons. The van der Waals surface area contributed by atoms with Crippen molar-refractivity contribution in [3.63, 3.8) is 0 Å². The van der Waals surface area contributed by atoms with Gasteiger partial charge in [0.15, 0.2) is 0 Å². The van der Waals surface area contributed by atoms with Crippen molar-refractivity contribution in [1.29, 1.82) is 0 Å². The second-order valence-electron chi connectivity index (χ2n) is 5.75. The van der Waals surface area contributed by atoms with Crippen molar-refractivity contribution >= 4 is 15.9 Å². The van der Waals surface area contributed by atoms with Crippen LogP contribution in [0.4, 0.5) is 0 Å². The molecule has 8 heteroatoms. The first-order chi connectivity index (χ1) is 11.3. The van der Waals surface area contributed by atoms with Gasteiger partial charge >= 0.3 is 0 Å². The summed E-state index contributed by atoms with van der Waals surface area (Å²) in [6, 6.07) is 5.34. The van der Waals surface area contributed by atoms with E-state index >= 15 is 0 Å².